The van der Waals surface area contributed by atoms with Gasteiger partial charge in [0.05, 0.1) is 5.69 Å². The molecule has 0 spiro atoms. The third-order valence-corrected chi connectivity index (χ3v) is 8.26. The molecule has 0 fully saturated rings. The number of furan rings is 1. The lowest BCUT2D eigenvalue weighted by atomic mass is 9.99. The topological polar surface area (TPSA) is 42.4 Å². The fraction of sp³-hybridized carbons (Fsp3) is 0. The SMILES string of the molecule is c1ccc(N(c2ccc3c(c2)oc2cccc(-c4nc5ccccc5o4)c23)c2cc3ccccc3c3ccccc23)cc1. The number of hydrogen-bond acceptors (Lipinski definition) is 4. The Balaban J connectivity index is 1.28. The smallest absolute Gasteiger partial charge is 0.228 e. The fourth-order valence-corrected chi connectivity index (χ4v) is 6.34. The summed E-state index contributed by atoms with van der Waals surface area (Å²) < 4.78 is 12.7. The van der Waals surface area contributed by atoms with Crippen LogP contribution in [-0.4, -0.2) is 4.98 Å². The molecule has 0 aliphatic heterocycles. The molecule has 9 rings (SSSR count). The van der Waals surface area contributed by atoms with Crippen molar-refractivity contribution in [2.45, 2.75) is 0 Å². The molecule has 43 heavy (non-hydrogen) atoms. The Morgan fingerprint density at radius 1 is 0.465 bits per heavy atom. The molecule has 0 aliphatic rings. The van der Waals surface area contributed by atoms with Crippen molar-refractivity contribution in [2.24, 2.45) is 0 Å². The fourth-order valence-electron chi connectivity index (χ4n) is 6.34. The number of fused-ring (bicyclic) bond motifs is 7. The monoisotopic (exact) mass is 552 g/mol. The molecule has 0 saturated carbocycles. The van der Waals surface area contributed by atoms with Gasteiger partial charge in [0.1, 0.15) is 16.7 Å². The second kappa shape index (κ2) is 9.33. The molecule has 0 unspecified atom stereocenters. The summed E-state index contributed by atoms with van der Waals surface area (Å²) in [7, 11) is 0. The molecular weight excluding hydrogens is 528 g/mol. The van der Waals surface area contributed by atoms with Crippen molar-refractivity contribution >= 4 is 71.6 Å². The summed E-state index contributed by atoms with van der Waals surface area (Å²) in [4.78, 5) is 7.10. The molecule has 4 heteroatoms. The van der Waals surface area contributed by atoms with Crippen LogP contribution in [0.4, 0.5) is 17.1 Å². The van der Waals surface area contributed by atoms with E-state index in [2.05, 4.69) is 108 Å². The van der Waals surface area contributed by atoms with Gasteiger partial charge in [0.25, 0.3) is 0 Å². The van der Waals surface area contributed by atoms with E-state index in [1.165, 1.54) is 21.5 Å². The third kappa shape index (κ3) is 3.74. The summed E-state index contributed by atoms with van der Waals surface area (Å²) in [5, 5.41) is 6.88. The maximum atomic E-state index is 6.51. The summed E-state index contributed by atoms with van der Waals surface area (Å²) in [6.45, 7) is 0. The molecule has 7 aromatic carbocycles. The molecule has 0 aliphatic carbocycles. The number of benzene rings is 7. The lowest BCUT2D eigenvalue weighted by molar-refractivity contribution is 0.620. The minimum absolute atomic E-state index is 0.590. The first-order valence-electron chi connectivity index (χ1n) is 14.4. The van der Waals surface area contributed by atoms with Crippen molar-refractivity contribution in [3.8, 4) is 11.5 Å². The van der Waals surface area contributed by atoms with Crippen LogP contribution in [0.3, 0.4) is 0 Å². The highest BCUT2D eigenvalue weighted by Crippen LogP contribution is 2.44. The van der Waals surface area contributed by atoms with E-state index in [-0.39, 0.29) is 0 Å². The second-order valence-electron chi connectivity index (χ2n) is 10.8. The van der Waals surface area contributed by atoms with Crippen molar-refractivity contribution < 1.29 is 8.83 Å². The van der Waals surface area contributed by atoms with Crippen LogP contribution in [0.15, 0.2) is 154 Å². The highest BCUT2D eigenvalue weighted by molar-refractivity contribution is 6.16. The van der Waals surface area contributed by atoms with Gasteiger partial charge in [-0.3, -0.25) is 0 Å². The quantitative estimate of drug-likeness (QED) is 0.204. The van der Waals surface area contributed by atoms with Gasteiger partial charge in [0, 0.05) is 39.2 Å². The Hall–Kier alpha value is -5.87. The maximum Gasteiger partial charge on any atom is 0.228 e. The van der Waals surface area contributed by atoms with Gasteiger partial charge >= 0.3 is 0 Å². The normalized spacial score (nSPS) is 11.7. The number of aromatic nitrogens is 1. The van der Waals surface area contributed by atoms with Crippen LogP contribution < -0.4 is 4.90 Å². The Morgan fingerprint density at radius 3 is 2.09 bits per heavy atom. The zero-order chi connectivity index (χ0) is 28.3. The lowest BCUT2D eigenvalue weighted by Crippen LogP contribution is -2.10. The highest BCUT2D eigenvalue weighted by Gasteiger charge is 2.21. The Labute approximate surface area is 247 Å². The van der Waals surface area contributed by atoms with Crippen molar-refractivity contribution in [1.82, 2.24) is 4.98 Å². The molecule has 0 radical (unpaired) electrons. The van der Waals surface area contributed by atoms with E-state index in [1.807, 2.05) is 42.5 Å². The van der Waals surface area contributed by atoms with Crippen LogP contribution in [-0.2, 0) is 0 Å². The van der Waals surface area contributed by atoms with E-state index in [1.54, 1.807) is 0 Å². The van der Waals surface area contributed by atoms with E-state index in [4.69, 9.17) is 13.8 Å². The zero-order valence-electron chi connectivity index (χ0n) is 23.1. The number of rotatable bonds is 4. The summed E-state index contributed by atoms with van der Waals surface area (Å²) in [5.74, 6) is 0.590. The van der Waals surface area contributed by atoms with Crippen molar-refractivity contribution in [3.05, 3.63) is 146 Å². The Bertz CT molecular complexity index is 2440. The van der Waals surface area contributed by atoms with Gasteiger partial charge < -0.3 is 13.7 Å². The average Bonchev–Trinajstić information content (AvgIpc) is 3.67. The molecular formula is C39H24N2O2. The van der Waals surface area contributed by atoms with Crippen molar-refractivity contribution in [1.29, 1.82) is 0 Å². The second-order valence-corrected chi connectivity index (χ2v) is 10.8. The van der Waals surface area contributed by atoms with Crippen molar-refractivity contribution in [3.63, 3.8) is 0 Å². The standard InChI is InChI=1S/C39H24N2O2/c1-2-12-26(13-3-1)41(34-23-25-11-4-5-14-28(25)29-15-6-7-16-30(29)34)27-21-22-31-37(24-27)42-36-20-10-17-32(38(31)36)39-40-33-18-8-9-19-35(33)43-39/h1-24H. The van der Waals surface area contributed by atoms with Crippen molar-refractivity contribution in [2.75, 3.05) is 4.90 Å². The molecule has 0 saturated heterocycles. The van der Waals surface area contributed by atoms with E-state index in [0.717, 1.165) is 55.7 Å². The van der Waals surface area contributed by atoms with Crippen LogP contribution in [0.25, 0.3) is 66.0 Å². The van der Waals surface area contributed by atoms with Gasteiger partial charge in [-0.2, -0.15) is 0 Å². The predicted octanol–water partition coefficient (Wildman–Crippen LogP) is 11.2. The van der Waals surface area contributed by atoms with E-state index in [0.29, 0.717) is 5.89 Å². The first kappa shape index (κ1) is 23.8. The van der Waals surface area contributed by atoms with E-state index >= 15 is 0 Å². The van der Waals surface area contributed by atoms with Crippen LogP contribution in [0.5, 0.6) is 0 Å². The zero-order valence-corrected chi connectivity index (χ0v) is 23.1. The number of nitrogens with zero attached hydrogens (tertiary/aromatic N) is 2. The average molecular weight is 553 g/mol. The lowest BCUT2D eigenvalue weighted by Gasteiger charge is -2.27. The van der Waals surface area contributed by atoms with Gasteiger partial charge in [0.15, 0.2) is 5.58 Å². The van der Waals surface area contributed by atoms with Gasteiger partial charge in [-0.1, -0.05) is 84.9 Å². The molecule has 9 aromatic rings. The van der Waals surface area contributed by atoms with Gasteiger partial charge in [0.2, 0.25) is 5.89 Å². The molecule has 2 aromatic heterocycles. The summed E-state index contributed by atoms with van der Waals surface area (Å²) in [6.07, 6.45) is 0. The minimum Gasteiger partial charge on any atom is -0.456 e. The molecule has 2 heterocycles. The van der Waals surface area contributed by atoms with Gasteiger partial charge in [-0.15, -0.1) is 0 Å². The molecule has 4 nitrogen and oxygen atoms in total. The Morgan fingerprint density at radius 2 is 1.21 bits per heavy atom. The number of hydrogen-bond donors (Lipinski definition) is 0. The van der Waals surface area contributed by atoms with Crippen LogP contribution in [0, 0.1) is 0 Å². The molecule has 0 atom stereocenters. The van der Waals surface area contributed by atoms with Crippen LogP contribution in [0.2, 0.25) is 0 Å². The number of oxazole rings is 1. The molecule has 0 N–H and O–H groups in total. The highest BCUT2D eigenvalue weighted by atomic mass is 16.3. The molecule has 0 bridgehead atoms. The van der Waals surface area contributed by atoms with Crippen LogP contribution in [0.1, 0.15) is 0 Å². The minimum atomic E-state index is 0.590. The largest absolute Gasteiger partial charge is 0.456 e. The number of anilines is 3. The third-order valence-electron chi connectivity index (χ3n) is 8.26. The molecule has 202 valence electrons. The number of para-hydroxylation sites is 3. The van der Waals surface area contributed by atoms with Crippen LogP contribution >= 0.6 is 0 Å². The Kier molecular flexibility index (Phi) is 5.16. The summed E-state index contributed by atoms with van der Waals surface area (Å²) in [6, 6.07) is 50.4. The predicted molar refractivity (Wildman–Crippen MR) is 176 cm³/mol. The van der Waals surface area contributed by atoms with Gasteiger partial charge in [-0.05, 0) is 70.8 Å². The first-order valence-corrected chi connectivity index (χ1v) is 14.4. The van der Waals surface area contributed by atoms with E-state index < -0.39 is 0 Å². The van der Waals surface area contributed by atoms with Gasteiger partial charge in [-0.25, -0.2) is 4.98 Å². The first-order chi connectivity index (χ1) is 21.3. The summed E-state index contributed by atoms with van der Waals surface area (Å²) >= 11 is 0. The maximum absolute atomic E-state index is 6.51. The summed E-state index contributed by atoms with van der Waals surface area (Å²) in [5.41, 5.74) is 7.34. The molecule has 0 amide bonds. The van der Waals surface area contributed by atoms with E-state index in [9.17, 15) is 0 Å².